The molecule has 12 heavy (non-hydrogen) atoms. The number of hydrogen-bond donors (Lipinski definition) is 1. The third-order valence-corrected chi connectivity index (χ3v) is 3.61. The Morgan fingerprint density at radius 1 is 1.25 bits per heavy atom. The van der Waals surface area contributed by atoms with Gasteiger partial charge in [0, 0.05) is 5.54 Å². The standard InChI is InChI=1S/C11H21N/c1-5-11(12)6-8(2)10(4)9(3)7-11/h5,8-10H,1,6-7,12H2,2-4H3. The first kappa shape index (κ1) is 9.79. The lowest BCUT2D eigenvalue weighted by Crippen LogP contribution is -2.47. The van der Waals surface area contributed by atoms with Crippen LogP contribution in [0.4, 0.5) is 0 Å². The van der Waals surface area contributed by atoms with Crippen molar-refractivity contribution in [3.63, 3.8) is 0 Å². The lowest BCUT2D eigenvalue weighted by atomic mass is 9.66. The second-order valence-electron chi connectivity index (χ2n) is 4.66. The molecule has 1 aliphatic carbocycles. The summed E-state index contributed by atoms with van der Waals surface area (Å²) in [7, 11) is 0. The molecule has 0 aromatic heterocycles. The summed E-state index contributed by atoms with van der Waals surface area (Å²) < 4.78 is 0. The van der Waals surface area contributed by atoms with E-state index in [4.69, 9.17) is 5.73 Å². The van der Waals surface area contributed by atoms with Crippen LogP contribution >= 0.6 is 0 Å². The van der Waals surface area contributed by atoms with Crippen molar-refractivity contribution in [2.75, 3.05) is 0 Å². The molecule has 1 aliphatic rings. The predicted octanol–water partition coefficient (Wildman–Crippen LogP) is 2.57. The highest BCUT2D eigenvalue weighted by atomic mass is 14.7. The highest BCUT2D eigenvalue weighted by molar-refractivity contribution is 5.05. The van der Waals surface area contributed by atoms with E-state index < -0.39 is 0 Å². The van der Waals surface area contributed by atoms with Crippen LogP contribution in [0.1, 0.15) is 33.6 Å². The van der Waals surface area contributed by atoms with Crippen LogP contribution in [0.5, 0.6) is 0 Å². The van der Waals surface area contributed by atoms with Crippen LogP contribution in [0.3, 0.4) is 0 Å². The Balaban J connectivity index is 2.71. The average molecular weight is 167 g/mol. The zero-order chi connectivity index (χ0) is 9.35. The minimum Gasteiger partial charge on any atom is -0.322 e. The molecule has 0 amide bonds. The van der Waals surface area contributed by atoms with Crippen molar-refractivity contribution in [2.45, 2.75) is 39.2 Å². The third kappa shape index (κ3) is 1.71. The van der Waals surface area contributed by atoms with Gasteiger partial charge in [-0.2, -0.15) is 0 Å². The second kappa shape index (κ2) is 3.21. The highest BCUT2D eigenvalue weighted by Gasteiger charge is 2.36. The summed E-state index contributed by atoms with van der Waals surface area (Å²) >= 11 is 0. The Labute approximate surface area is 76.0 Å². The molecular weight excluding hydrogens is 146 g/mol. The summed E-state index contributed by atoms with van der Waals surface area (Å²) in [6.07, 6.45) is 4.13. The molecule has 0 saturated heterocycles. The van der Waals surface area contributed by atoms with Crippen LogP contribution < -0.4 is 5.73 Å². The summed E-state index contributed by atoms with van der Waals surface area (Å²) in [4.78, 5) is 0. The summed E-state index contributed by atoms with van der Waals surface area (Å²) in [5, 5.41) is 0. The van der Waals surface area contributed by atoms with Gasteiger partial charge in [0.2, 0.25) is 0 Å². The predicted molar refractivity (Wildman–Crippen MR) is 53.8 cm³/mol. The Morgan fingerprint density at radius 3 is 2.00 bits per heavy atom. The number of hydrogen-bond acceptors (Lipinski definition) is 1. The molecule has 1 fully saturated rings. The van der Waals surface area contributed by atoms with E-state index in [1.165, 1.54) is 0 Å². The van der Waals surface area contributed by atoms with Gasteiger partial charge >= 0.3 is 0 Å². The van der Waals surface area contributed by atoms with Crippen molar-refractivity contribution in [1.29, 1.82) is 0 Å². The van der Waals surface area contributed by atoms with Gasteiger partial charge in [0.1, 0.15) is 0 Å². The summed E-state index contributed by atoms with van der Waals surface area (Å²) in [5.74, 6) is 2.27. The van der Waals surface area contributed by atoms with Gasteiger partial charge in [-0.1, -0.05) is 26.8 Å². The molecule has 0 radical (unpaired) electrons. The van der Waals surface area contributed by atoms with E-state index in [0.717, 1.165) is 30.6 Å². The van der Waals surface area contributed by atoms with E-state index in [1.807, 2.05) is 6.08 Å². The lowest BCUT2D eigenvalue weighted by molar-refractivity contribution is 0.143. The second-order valence-corrected chi connectivity index (χ2v) is 4.66. The van der Waals surface area contributed by atoms with Gasteiger partial charge in [0.15, 0.2) is 0 Å². The van der Waals surface area contributed by atoms with Crippen molar-refractivity contribution >= 4 is 0 Å². The molecule has 70 valence electrons. The fourth-order valence-electron chi connectivity index (χ4n) is 2.38. The zero-order valence-corrected chi connectivity index (χ0v) is 8.51. The minimum atomic E-state index is -0.0919. The largest absolute Gasteiger partial charge is 0.322 e. The Morgan fingerprint density at radius 2 is 1.67 bits per heavy atom. The summed E-state index contributed by atoms with van der Waals surface area (Å²) in [6.45, 7) is 10.8. The van der Waals surface area contributed by atoms with Crippen LogP contribution in [-0.4, -0.2) is 5.54 Å². The number of nitrogens with two attached hydrogens (primary N) is 1. The van der Waals surface area contributed by atoms with Crippen LogP contribution in [0, 0.1) is 17.8 Å². The number of rotatable bonds is 1. The smallest absolute Gasteiger partial charge is 0.0341 e. The van der Waals surface area contributed by atoms with Gasteiger partial charge in [-0.15, -0.1) is 6.58 Å². The van der Waals surface area contributed by atoms with E-state index in [1.54, 1.807) is 0 Å². The minimum absolute atomic E-state index is 0.0919. The van der Waals surface area contributed by atoms with Crippen molar-refractivity contribution < 1.29 is 0 Å². The molecule has 2 N–H and O–H groups in total. The van der Waals surface area contributed by atoms with Crippen molar-refractivity contribution in [3.8, 4) is 0 Å². The van der Waals surface area contributed by atoms with Gasteiger partial charge in [-0.3, -0.25) is 0 Å². The fraction of sp³-hybridized carbons (Fsp3) is 0.818. The van der Waals surface area contributed by atoms with E-state index in [2.05, 4.69) is 27.4 Å². The molecule has 1 heteroatoms. The molecule has 0 spiro atoms. The van der Waals surface area contributed by atoms with E-state index in [0.29, 0.717) is 0 Å². The Kier molecular flexibility index (Phi) is 2.62. The summed E-state index contributed by atoms with van der Waals surface area (Å²) in [6, 6.07) is 0. The normalized spacial score (nSPS) is 48.8. The molecule has 2 unspecified atom stereocenters. The van der Waals surface area contributed by atoms with Crippen molar-refractivity contribution in [1.82, 2.24) is 0 Å². The summed E-state index contributed by atoms with van der Waals surface area (Å²) in [5.41, 5.74) is 6.09. The van der Waals surface area contributed by atoms with Crippen LogP contribution in [0.2, 0.25) is 0 Å². The lowest BCUT2D eigenvalue weighted by Gasteiger charge is -2.42. The van der Waals surface area contributed by atoms with E-state index in [9.17, 15) is 0 Å². The maximum absolute atomic E-state index is 6.18. The van der Waals surface area contributed by atoms with Crippen molar-refractivity contribution in [3.05, 3.63) is 12.7 Å². The molecule has 0 aromatic carbocycles. The first-order valence-electron chi connectivity index (χ1n) is 4.91. The topological polar surface area (TPSA) is 26.0 Å². The van der Waals surface area contributed by atoms with Gasteiger partial charge in [-0.25, -0.2) is 0 Å². The van der Waals surface area contributed by atoms with Crippen molar-refractivity contribution in [2.24, 2.45) is 23.5 Å². The first-order chi connectivity index (χ1) is 5.48. The maximum atomic E-state index is 6.18. The molecule has 1 rings (SSSR count). The Hall–Kier alpha value is -0.300. The zero-order valence-electron chi connectivity index (χ0n) is 8.51. The van der Waals surface area contributed by atoms with Crippen LogP contribution in [0.25, 0.3) is 0 Å². The molecule has 0 aliphatic heterocycles. The first-order valence-corrected chi connectivity index (χ1v) is 4.91. The molecular formula is C11H21N. The molecule has 0 bridgehead atoms. The average Bonchev–Trinajstić information content (AvgIpc) is 2.00. The van der Waals surface area contributed by atoms with Gasteiger partial charge in [0.05, 0.1) is 0 Å². The van der Waals surface area contributed by atoms with E-state index >= 15 is 0 Å². The Bertz CT molecular complexity index is 162. The molecule has 2 atom stereocenters. The fourth-order valence-corrected chi connectivity index (χ4v) is 2.38. The maximum Gasteiger partial charge on any atom is 0.0341 e. The molecule has 0 heterocycles. The van der Waals surface area contributed by atoms with Gasteiger partial charge in [0.25, 0.3) is 0 Å². The van der Waals surface area contributed by atoms with E-state index in [-0.39, 0.29) is 5.54 Å². The molecule has 1 nitrogen and oxygen atoms in total. The third-order valence-electron chi connectivity index (χ3n) is 3.61. The van der Waals surface area contributed by atoms with Crippen LogP contribution in [0.15, 0.2) is 12.7 Å². The highest BCUT2D eigenvalue weighted by Crippen LogP contribution is 2.39. The van der Waals surface area contributed by atoms with Crippen LogP contribution in [-0.2, 0) is 0 Å². The SMILES string of the molecule is C=CC1(N)CC(C)C(C)C(C)C1. The quantitative estimate of drug-likeness (QED) is 0.597. The van der Waals surface area contributed by atoms with Gasteiger partial charge < -0.3 is 5.73 Å². The molecule has 0 aromatic rings. The van der Waals surface area contributed by atoms with Gasteiger partial charge in [-0.05, 0) is 30.6 Å². The molecule has 1 saturated carbocycles. The monoisotopic (exact) mass is 167 g/mol.